The number of hydrogen-bond donors (Lipinski definition) is 1. The standard InChI is InChI=1S/C21H17ClN2O3/c1-13(19-11-14-5-2-3-7-17(14)27-19)24-20(25)12-26-18-9-8-16(22)15-6-4-10-23-21(15)18/h2-11,13H,12H2,1H3,(H,24,25)/t13-/m0/s1. The van der Waals surface area contributed by atoms with Crippen molar-refractivity contribution in [1.82, 2.24) is 10.3 Å². The number of hydrogen-bond acceptors (Lipinski definition) is 4. The summed E-state index contributed by atoms with van der Waals surface area (Å²) < 4.78 is 11.5. The third-order valence-electron chi connectivity index (χ3n) is 4.29. The topological polar surface area (TPSA) is 64.4 Å². The number of para-hydroxylation sites is 1. The molecular weight excluding hydrogens is 364 g/mol. The summed E-state index contributed by atoms with van der Waals surface area (Å²) in [7, 11) is 0. The zero-order valence-electron chi connectivity index (χ0n) is 14.6. The van der Waals surface area contributed by atoms with Gasteiger partial charge in [0.2, 0.25) is 0 Å². The minimum absolute atomic E-state index is 0.127. The van der Waals surface area contributed by atoms with Crippen molar-refractivity contribution in [1.29, 1.82) is 0 Å². The first-order chi connectivity index (χ1) is 13.1. The largest absolute Gasteiger partial charge is 0.481 e. The fourth-order valence-electron chi connectivity index (χ4n) is 2.94. The van der Waals surface area contributed by atoms with Crippen LogP contribution in [0.3, 0.4) is 0 Å². The first kappa shape index (κ1) is 17.4. The van der Waals surface area contributed by atoms with Gasteiger partial charge in [-0.15, -0.1) is 0 Å². The maximum atomic E-state index is 12.3. The predicted octanol–water partition coefficient (Wildman–Crippen LogP) is 4.89. The Morgan fingerprint density at radius 2 is 2.07 bits per heavy atom. The van der Waals surface area contributed by atoms with Crippen molar-refractivity contribution < 1.29 is 13.9 Å². The molecular formula is C21H17ClN2O3. The molecule has 2 aromatic carbocycles. The SMILES string of the molecule is C[C@H](NC(=O)COc1ccc(Cl)c2cccnc12)c1cc2ccccc2o1. The van der Waals surface area contributed by atoms with Crippen LogP contribution in [0.5, 0.6) is 5.75 Å². The number of benzene rings is 2. The average molecular weight is 381 g/mol. The van der Waals surface area contributed by atoms with Gasteiger partial charge in [0.25, 0.3) is 5.91 Å². The molecule has 0 bridgehead atoms. The monoisotopic (exact) mass is 380 g/mol. The van der Waals surface area contributed by atoms with E-state index in [-0.39, 0.29) is 18.6 Å². The van der Waals surface area contributed by atoms with Crippen LogP contribution in [0.4, 0.5) is 0 Å². The van der Waals surface area contributed by atoms with Crippen LogP contribution in [-0.4, -0.2) is 17.5 Å². The number of ether oxygens (including phenoxy) is 1. The number of furan rings is 1. The molecule has 4 rings (SSSR count). The summed E-state index contributed by atoms with van der Waals surface area (Å²) >= 11 is 6.18. The van der Waals surface area contributed by atoms with Crippen molar-refractivity contribution in [3.8, 4) is 5.75 Å². The Hall–Kier alpha value is -3.05. The van der Waals surface area contributed by atoms with E-state index in [1.54, 1.807) is 24.4 Å². The number of nitrogens with one attached hydrogen (secondary N) is 1. The summed E-state index contributed by atoms with van der Waals surface area (Å²) in [4.78, 5) is 16.6. The molecule has 0 unspecified atom stereocenters. The number of nitrogens with zero attached hydrogens (tertiary/aromatic N) is 1. The number of amides is 1. The van der Waals surface area contributed by atoms with E-state index in [2.05, 4.69) is 10.3 Å². The van der Waals surface area contributed by atoms with Crippen molar-refractivity contribution in [3.63, 3.8) is 0 Å². The average Bonchev–Trinajstić information content (AvgIpc) is 3.12. The highest BCUT2D eigenvalue weighted by molar-refractivity contribution is 6.35. The first-order valence-electron chi connectivity index (χ1n) is 8.55. The normalized spacial score (nSPS) is 12.2. The van der Waals surface area contributed by atoms with Crippen LogP contribution < -0.4 is 10.1 Å². The van der Waals surface area contributed by atoms with Crippen LogP contribution in [0, 0.1) is 0 Å². The number of pyridine rings is 1. The van der Waals surface area contributed by atoms with E-state index in [1.165, 1.54) is 0 Å². The zero-order chi connectivity index (χ0) is 18.8. The second-order valence-electron chi connectivity index (χ2n) is 6.21. The van der Waals surface area contributed by atoms with E-state index < -0.39 is 0 Å². The molecule has 0 saturated heterocycles. The van der Waals surface area contributed by atoms with Gasteiger partial charge >= 0.3 is 0 Å². The van der Waals surface area contributed by atoms with E-state index >= 15 is 0 Å². The molecule has 27 heavy (non-hydrogen) atoms. The van der Waals surface area contributed by atoms with Gasteiger partial charge in [0.05, 0.1) is 11.1 Å². The van der Waals surface area contributed by atoms with Gasteiger partial charge in [-0.3, -0.25) is 9.78 Å². The molecule has 0 spiro atoms. The first-order valence-corrected chi connectivity index (χ1v) is 8.93. The van der Waals surface area contributed by atoms with E-state index in [0.29, 0.717) is 22.0 Å². The number of rotatable bonds is 5. The Morgan fingerprint density at radius 1 is 1.22 bits per heavy atom. The molecule has 6 heteroatoms. The molecule has 5 nitrogen and oxygen atoms in total. The summed E-state index contributed by atoms with van der Waals surface area (Å²) in [6.45, 7) is 1.74. The van der Waals surface area contributed by atoms with Gasteiger partial charge in [-0.2, -0.15) is 0 Å². The summed E-state index contributed by atoms with van der Waals surface area (Å²) in [5, 5.41) is 5.26. The quantitative estimate of drug-likeness (QED) is 0.535. The minimum atomic E-state index is -0.270. The molecule has 1 amide bonds. The second kappa shape index (κ2) is 7.29. The summed E-state index contributed by atoms with van der Waals surface area (Å²) in [5.74, 6) is 0.965. The summed E-state index contributed by atoms with van der Waals surface area (Å²) in [5.41, 5.74) is 1.42. The molecule has 0 aliphatic carbocycles. The molecule has 2 aromatic heterocycles. The highest BCUT2D eigenvalue weighted by Gasteiger charge is 2.15. The maximum absolute atomic E-state index is 12.3. The van der Waals surface area contributed by atoms with E-state index in [4.69, 9.17) is 20.8 Å². The summed E-state index contributed by atoms with van der Waals surface area (Å²) in [6.07, 6.45) is 1.66. The smallest absolute Gasteiger partial charge is 0.258 e. The van der Waals surface area contributed by atoms with Gasteiger partial charge in [0, 0.05) is 17.0 Å². The van der Waals surface area contributed by atoms with Crippen molar-refractivity contribution in [2.24, 2.45) is 0 Å². The molecule has 0 saturated carbocycles. The number of carbonyl (C=O) groups is 1. The Labute approximate surface area is 160 Å². The lowest BCUT2D eigenvalue weighted by Crippen LogP contribution is -2.31. The number of halogens is 1. The molecule has 0 aliphatic rings. The van der Waals surface area contributed by atoms with Crippen LogP contribution in [0.1, 0.15) is 18.7 Å². The predicted molar refractivity (Wildman–Crippen MR) is 105 cm³/mol. The second-order valence-corrected chi connectivity index (χ2v) is 6.62. The molecule has 1 N–H and O–H groups in total. The van der Waals surface area contributed by atoms with E-state index in [1.807, 2.05) is 43.3 Å². The number of aromatic nitrogens is 1. The lowest BCUT2D eigenvalue weighted by molar-refractivity contribution is -0.123. The van der Waals surface area contributed by atoms with Gasteiger partial charge < -0.3 is 14.5 Å². The molecule has 0 aliphatic heterocycles. The highest BCUT2D eigenvalue weighted by atomic mass is 35.5. The van der Waals surface area contributed by atoms with Crippen LogP contribution in [0.2, 0.25) is 5.02 Å². The van der Waals surface area contributed by atoms with Gasteiger partial charge in [0.1, 0.15) is 22.6 Å². The van der Waals surface area contributed by atoms with E-state index in [0.717, 1.165) is 16.4 Å². The lowest BCUT2D eigenvalue weighted by Gasteiger charge is -2.13. The van der Waals surface area contributed by atoms with Crippen LogP contribution in [0.15, 0.2) is 65.2 Å². The Morgan fingerprint density at radius 3 is 2.93 bits per heavy atom. The van der Waals surface area contributed by atoms with Crippen molar-refractivity contribution in [2.45, 2.75) is 13.0 Å². The van der Waals surface area contributed by atoms with Gasteiger partial charge in [0.15, 0.2) is 6.61 Å². The van der Waals surface area contributed by atoms with Crippen molar-refractivity contribution in [3.05, 3.63) is 71.6 Å². The zero-order valence-corrected chi connectivity index (χ0v) is 15.4. The Bertz CT molecular complexity index is 1090. The van der Waals surface area contributed by atoms with Gasteiger partial charge in [-0.05, 0) is 43.3 Å². The fourth-order valence-corrected chi connectivity index (χ4v) is 3.16. The Balaban J connectivity index is 1.43. The van der Waals surface area contributed by atoms with Crippen molar-refractivity contribution >= 4 is 39.4 Å². The van der Waals surface area contributed by atoms with Gasteiger partial charge in [-0.1, -0.05) is 29.8 Å². The Kier molecular flexibility index (Phi) is 4.69. The molecule has 4 aromatic rings. The summed E-state index contributed by atoms with van der Waals surface area (Å²) in [6, 6.07) is 16.5. The maximum Gasteiger partial charge on any atom is 0.258 e. The van der Waals surface area contributed by atoms with Crippen LogP contribution in [0.25, 0.3) is 21.9 Å². The number of carbonyl (C=O) groups excluding carboxylic acids is 1. The lowest BCUT2D eigenvalue weighted by atomic mass is 10.2. The molecule has 2 heterocycles. The third-order valence-corrected chi connectivity index (χ3v) is 4.62. The molecule has 1 atom stereocenters. The minimum Gasteiger partial charge on any atom is -0.481 e. The van der Waals surface area contributed by atoms with Crippen molar-refractivity contribution in [2.75, 3.05) is 6.61 Å². The molecule has 136 valence electrons. The molecule has 0 radical (unpaired) electrons. The third kappa shape index (κ3) is 3.59. The van der Waals surface area contributed by atoms with Crippen LogP contribution in [-0.2, 0) is 4.79 Å². The van der Waals surface area contributed by atoms with E-state index in [9.17, 15) is 4.79 Å². The number of fused-ring (bicyclic) bond motifs is 2. The highest BCUT2D eigenvalue weighted by Crippen LogP contribution is 2.29. The molecule has 0 fully saturated rings. The van der Waals surface area contributed by atoms with Gasteiger partial charge in [-0.25, -0.2) is 0 Å². The fraction of sp³-hybridized carbons (Fsp3) is 0.143. The van der Waals surface area contributed by atoms with Crippen LogP contribution >= 0.6 is 11.6 Å².